The second kappa shape index (κ2) is 3.55. The van der Waals surface area contributed by atoms with Crippen LogP contribution in [0, 0.1) is 23.2 Å². The van der Waals surface area contributed by atoms with Crippen molar-refractivity contribution in [1.82, 2.24) is 4.90 Å². The van der Waals surface area contributed by atoms with Gasteiger partial charge in [-0.2, -0.15) is 5.26 Å². The molecule has 0 radical (unpaired) electrons. The van der Waals surface area contributed by atoms with Crippen LogP contribution in [0.5, 0.6) is 0 Å². The summed E-state index contributed by atoms with van der Waals surface area (Å²) in [6.07, 6.45) is 0. The number of nitriles is 1. The summed E-state index contributed by atoms with van der Waals surface area (Å²) < 4.78 is 0. The van der Waals surface area contributed by atoms with E-state index in [1.807, 2.05) is 17.9 Å². The third-order valence-corrected chi connectivity index (χ3v) is 2.30. The van der Waals surface area contributed by atoms with Gasteiger partial charge < -0.3 is 5.11 Å². The highest BCUT2D eigenvalue weighted by Crippen LogP contribution is 2.22. The molecule has 4 heteroatoms. The maximum Gasteiger partial charge on any atom is 0.308 e. The smallest absolute Gasteiger partial charge is 0.308 e. The maximum absolute atomic E-state index is 10.7. The maximum atomic E-state index is 10.7. The summed E-state index contributed by atoms with van der Waals surface area (Å²) in [5, 5.41) is 17.2. The van der Waals surface area contributed by atoms with Crippen LogP contribution >= 0.6 is 0 Å². The second-order valence-corrected chi connectivity index (χ2v) is 3.27. The standard InChI is InChI=1S/C8H12N2O2/c1-6-4-10(3-2-9)5-7(6)8(11)12/h6-7H,3-5H2,1H3,(H,11,12). The number of aliphatic carboxylic acids is 1. The van der Waals surface area contributed by atoms with Gasteiger partial charge in [0.15, 0.2) is 0 Å². The summed E-state index contributed by atoms with van der Waals surface area (Å²) in [6, 6.07) is 2.02. The summed E-state index contributed by atoms with van der Waals surface area (Å²) in [5.74, 6) is -0.878. The van der Waals surface area contributed by atoms with Crippen molar-refractivity contribution in [3.63, 3.8) is 0 Å². The van der Waals surface area contributed by atoms with Crippen LogP contribution in [0.25, 0.3) is 0 Å². The van der Waals surface area contributed by atoms with Crippen LogP contribution < -0.4 is 0 Å². The number of hydrogen-bond acceptors (Lipinski definition) is 3. The third kappa shape index (κ3) is 1.74. The molecule has 1 aliphatic rings. The first-order valence-electron chi connectivity index (χ1n) is 3.97. The van der Waals surface area contributed by atoms with Gasteiger partial charge >= 0.3 is 5.97 Å². The summed E-state index contributed by atoms with van der Waals surface area (Å²) in [4.78, 5) is 12.5. The molecule has 0 spiro atoms. The predicted molar refractivity (Wildman–Crippen MR) is 42.3 cm³/mol. The third-order valence-electron chi connectivity index (χ3n) is 2.30. The minimum Gasteiger partial charge on any atom is -0.481 e. The molecule has 1 N–H and O–H groups in total. The normalized spacial score (nSPS) is 30.0. The van der Waals surface area contributed by atoms with Gasteiger partial charge in [-0.05, 0) is 5.92 Å². The minimum absolute atomic E-state index is 0.163. The first kappa shape index (κ1) is 9.01. The number of nitrogens with zero attached hydrogens (tertiary/aromatic N) is 2. The van der Waals surface area contributed by atoms with Crippen LogP contribution in [0.4, 0.5) is 0 Å². The van der Waals surface area contributed by atoms with Crippen LogP contribution in [0.15, 0.2) is 0 Å². The van der Waals surface area contributed by atoms with Gasteiger partial charge in [-0.25, -0.2) is 0 Å². The molecule has 1 fully saturated rings. The highest BCUT2D eigenvalue weighted by molar-refractivity contribution is 5.71. The average Bonchev–Trinajstić information content (AvgIpc) is 2.32. The van der Waals surface area contributed by atoms with Crippen molar-refractivity contribution < 1.29 is 9.90 Å². The molecule has 1 aliphatic heterocycles. The zero-order chi connectivity index (χ0) is 9.14. The Morgan fingerprint density at radius 1 is 1.75 bits per heavy atom. The Morgan fingerprint density at radius 3 is 2.83 bits per heavy atom. The highest BCUT2D eigenvalue weighted by atomic mass is 16.4. The molecule has 0 aromatic rings. The quantitative estimate of drug-likeness (QED) is 0.596. The number of carboxylic acid groups (broad SMARTS) is 1. The molecule has 1 rings (SSSR count). The van der Waals surface area contributed by atoms with Crippen LogP contribution in [-0.4, -0.2) is 35.6 Å². The van der Waals surface area contributed by atoms with Crippen molar-refractivity contribution in [2.75, 3.05) is 19.6 Å². The van der Waals surface area contributed by atoms with Gasteiger partial charge in [-0.3, -0.25) is 9.69 Å². The fraction of sp³-hybridized carbons (Fsp3) is 0.750. The highest BCUT2D eigenvalue weighted by Gasteiger charge is 2.34. The van der Waals surface area contributed by atoms with Crippen molar-refractivity contribution in [2.24, 2.45) is 11.8 Å². The molecule has 2 atom stereocenters. The molecule has 12 heavy (non-hydrogen) atoms. The van der Waals surface area contributed by atoms with E-state index >= 15 is 0 Å². The van der Waals surface area contributed by atoms with Gasteiger partial charge in [0.1, 0.15) is 0 Å². The van der Waals surface area contributed by atoms with Crippen molar-refractivity contribution in [3.05, 3.63) is 0 Å². The van der Waals surface area contributed by atoms with Crippen LogP contribution in [0.1, 0.15) is 6.92 Å². The van der Waals surface area contributed by atoms with Gasteiger partial charge in [0, 0.05) is 13.1 Å². The molecule has 0 aliphatic carbocycles. The Bertz CT molecular complexity index is 222. The van der Waals surface area contributed by atoms with Crippen molar-refractivity contribution in [3.8, 4) is 6.07 Å². The molecular formula is C8H12N2O2. The topological polar surface area (TPSA) is 64.3 Å². The Labute approximate surface area is 71.4 Å². The molecular weight excluding hydrogens is 156 g/mol. The molecule has 0 aromatic carbocycles. The number of likely N-dealkylation sites (tertiary alicyclic amines) is 1. The molecule has 0 aromatic heterocycles. The lowest BCUT2D eigenvalue weighted by Crippen LogP contribution is -2.23. The summed E-state index contributed by atoms with van der Waals surface area (Å²) in [5.41, 5.74) is 0. The van der Waals surface area contributed by atoms with E-state index < -0.39 is 5.97 Å². The first-order valence-corrected chi connectivity index (χ1v) is 3.97. The fourth-order valence-corrected chi connectivity index (χ4v) is 1.62. The lowest BCUT2D eigenvalue weighted by Gasteiger charge is -2.08. The number of rotatable bonds is 2. The minimum atomic E-state index is -0.747. The zero-order valence-electron chi connectivity index (χ0n) is 7.03. The summed E-state index contributed by atoms with van der Waals surface area (Å²) in [7, 11) is 0. The van der Waals surface area contributed by atoms with Gasteiger partial charge in [0.25, 0.3) is 0 Å². The van der Waals surface area contributed by atoms with Crippen molar-refractivity contribution >= 4 is 5.97 Å². The zero-order valence-corrected chi connectivity index (χ0v) is 7.03. The summed E-state index contributed by atoms with van der Waals surface area (Å²) in [6.45, 7) is 3.50. The molecule has 0 saturated carbocycles. The number of hydrogen-bond donors (Lipinski definition) is 1. The van der Waals surface area contributed by atoms with Gasteiger partial charge in [-0.1, -0.05) is 6.92 Å². The monoisotopic (exact) mass is 168 g/mol. The van der Waals surface area contributed by atoms with E-state index in [1.165, 1.54) is 0 Å². The Balaban J connectivity index is 2.51. The van der Waals surface area contributed by atoms with Crippen LogP contribution in [0.2, 0.25) is 0 Å². The molecule has 66 valence electrons. The number of carboxylic acids is 1. The lowest BCUT2D eigenvalue weighted by atomic mass is 9.99. The van der Waals surface area contributed by atoms with Gasteiger partial charge in [0.2, 0.25) is 0 Å². The number of carbonyl (C=O) groups is 1. The predicted octanol–water partition coefficient (Wildman–Crippen LogP) is 0.162. The van der Waals surface area contributed by atoms with E-state index in [4.69, 9.17) is 10.4 Å². The van der Waals surface area contributed by atoms with Gasteiger partial charge in [0.05, 0.1) is 18.5 Å². The molecule has 4 nitrogen and oxygen atoms in total. The average molecular weight is 168 g/mol. The Kier molecular flexibility index (Phi) is 2.66. The largest absolute Gasteiger partial charge is 0.481 e. The summed E-state index contributed by atoms with van der Waals surface area (Å²) >= 11 is 0. The van der Waals surface area contributed by atoms with E-state index in [2.05, 4.69) is 0 Å². The molecule has 1 heterocycles. The lowest BCUT2D eigenvalue weighted by molar-refractivity contribution is -0.142. The van der Waals surface area contributed by atoms with Crippen LogP contribution in [-0.2, 0) is 4.79 Å². The fourth-order valence-electron chi connectivity index (χ4n) is 1.62. The van der Waals surface area contributed by atoms with E-state index in [0.29, 0.717) is 13.1 Å². The van der Waals surface area contributed by atoms with Crippen molar-refractivity contribution in [2.45, 2.75) is 6.92 Å². The van der Waals surface area contributed by atoms with Crippen molar-refractivity contribution in [1.29, 1.82) is 5.26 Å². The van der Waals surface area contributed by atoms with Gasteiger partial charge in [-0.15, -0.1) is 0 Å². The molecule has 0 bridgehead atoms. The molecule has 0 amide bonds. The van der Waals surface area contributed by atoms with E-state index in [0.717, 1.165) is 6.54 Å². The van der Waals surface area contributed by atoms with E-state index in [1.54, 1.807) is 0 Å². The molecule has 1 saturated heterocycles. The van der Waals surface area contributed by atoms with E-state index in [-0.39, 0.29) is 11.8 Å². The molecule has 2 unspecified atom stereocenters. The Morgan fingerprint density at radius 2 is 2.42 bits per heavy atom. The van der Waals surface area contributed by atoms with Crippen LogP contribution in [0.3, 0.4) is 0 Å². The van der Waals surface area contributed by atoms with E-state index in [9.17, 15) is 4.79 Å². The Hall–Kier alpha value is -1.08. The SMILES string of the molecule is CC1CN(CC#N)CC1C(=O)O. The first-order chi connectivity index (χ1) is 5.65. The second-order valence-electron chi connectivity index (χ2n) is 3.27.